The van der Waals surface area contributed by atoms with Gasteiger partial charge in [-0.15, -0.1) is 0 Å². The summed E-state index contributed by atoms with van der Waals surface area (Å²) in [6.07, 6.45) is 2.03. The minimum absolute atomic E-state index is 0.0240. The van der Waals surface area contributed by atoms with Crippen molar-refractivity contribution in [3.63, 3.8) is 0 Å². The van der Waals surface area contributed by atoms with Crippen molar-refractivity contribution in [2.75, 3.05) is 18.8 Å². The summed E-state index contributed by atoms with van der Waals surface area (Å²) in [5.41, 5.74) is 6.49. The Bertz CT molecular complexity index is 1140. The summed E-state index contributed by atoms with van der Waals surface area (Å²) in [5, 5.41) is 0. The maximum absolute atomic E-state index is 13.0. The summed E-state index contributed by atoms with van der Waals surface area (Å²) in [6.45, 7) is 1.42. The number of nitrogens with zero attached hydrogens (tertiary/aromatic N) is 3. The number of aromatic nitrogens is 3. The Hall–Kier alpha value is -3.39. The molecule has 1 atom stereocenters. The minimum atomic E-state index is -0.748. The average molecular weight is 379 g/mol. The van der Waals surface area contributed by atoms with Crippen molar-refractivity contribution in [3.05, 3.63) is 86.3 Å². The van der Waals surface area contributed by atoms with Gasteiger partial charge in [0.1, 0.15) is 11.4 Å². The van der Waals surface area contributed by atoms with Crippen molar-refractivity contribution in [1.82, 2.24) is 19.0 Å². The highest BCUT2D eigenvalue weighted by Gasteiger charge is 2.31. The maximum atomic E-state index is 13.0. The third-order valence-corrected chi connectivity index (χ3v) is 5.25. The first-order chi connectivity index (χ1) is 13.5. The second-order valence-electron chi connectivity index (χ2n) is 6.91. The molecule has 0 aliphatic carbocycles. The zero-order chi connectivity index (χ0) is 19.8. The molecule has 0 amide bonds. The molecule has 0 saturated heterocycles. The fraction of sp³-hybridized carbons (Fsp3) is 0.250. The van der Waals surface area contributed by atoms with Gasteiger partial charge in [-0.05, 0) is 17.7 Å². The van der Waals surface area contributed by atoms with Gasteiger partial charge in [0.2, 0.25) is 0 Å². The number of Topliss-reactive ketones (excluding diaryl/α,β-unsaturated/α-hetero) is 1. The molecule has 0 bridgehead atoms. The molecule has 2 aromatic heterocycles. The largest absolute Gasteiger partial charge is 0.384 e. The Kier molecular flexibility index (Phi) is 4.48. The minimum Gasteiger partial charge on any atom is -0.384 e. The molecule has 0 saturated carbocycles. The summed E-state index contributed by atoms with van der Waals surface area (Å²) >= 11 is 0. The van der Waals surface area contributed by atoms with Gasteiger partial charge in [0.05, 0.1) is 12.6 Å². The van der Waals surface area contributed by atoms with Crippen LogP contribution in [0.4, 0.5) is 5.82 Å². The van der Waals surface area contributed by atoms with Crippen molar-refractivity contribution < 1.29 is 4.79 Å². The smallest absolute Gasteiger partial charge is 0.329 e. The van der Waals surface area contributed by atoms with Gasteiger partial charge in [0.25, 0.3) is 5.56 Å². The zero-order valence-electron chi connectivity index (χ0n) is 15.5. The quantitative estimate of drug-likeness (QED) is 0.651. The average Bonchev–Trinajstić information content (AvgIpc) is 3.15. The van der Waals surface area contributed by atoms with Crippen LogP contribution in [0.5, 0.6) is 0 Å². The number of hydrogen-bond acceptors (Lipinski definition) is 5. The van der Waals surface area contributed by atoms with Gasteiger partial charge in [-0.3, -0.25) is 24.0 Å². The van der Waals surface area contributed by atoms with Crippen LogP contribution in [0.25, 0.3) is 0 Å². The number of H-pyrrole nitrogens is 1. The number of benzene rings is 1. The molecule has 0 fully saturated rings. The molecule has 0 radical (unpaired) electrons. The lowest BCUT2D eigenvalue weighted by Crippen LogP contribution is -2.43. The van der Waals surface area contributed by atoms with Gasteiger partial charge in [-0.2, -0.15) is 0 Å². The number of carbonyl (C=O) groups excluding carboxylic acids is 1. The summed E-state index contributed by atoms with van der Waals surface area (Å²) in [4.78, 5) is 41.1. The van der Waals surface area contributed by atoms with Gasteiger partial charge < -0.3 is 10.3 Å². The van der Waals surface area contributed by atoms with Crippen LogP contribution in [0.3, 0.4) is 0 Å². The summed E-state index contributed by atoms with van der Waals surface area (Å²) < 4.78 is 3.25. The summed E-state index contributed by atoms with van der Waals surface area (Å²) in [5.74, 6) is -0.523. The van der Waals surface area contributed by atoms with E-state index >= 15 is 0 Å². The predicted molar refractivity (Wildman–Crippen MR) is 105 cm³/mol. The molecule has 3 heterocycles. The van der Waals surface area contributed by atoms with E-state index in [0.717, 1.165) is 22.4 Å². The molecule has 4 rings (SSSR count). The lowest BCUT2D eigenvalue weighted by Gasteiger charge is -2.37. The number of rotatable bonds is 4. The monoisotopic (exact) mass is 379 g/mol. The zero-order valence-corrected chi connectivity index (χ0v) is 15.5. The molecule has 28 heavy (non-hydrogen) atoms. The molecular weight excluding hydrogens is 358 g/mol. The molecule has 1 aliphatic rings. The molecule has 1 aromatic carbocycles. The Morgan fingerprint density at radius 2 is 1.89 bits per heavy atom. The maximum Gasteiger partial charge on any atom is 0.329 e. The number of ketones is 1. The highest BCUT2D eigenvalue weighted by Crippen LogP contribution is 2.32. The van der Waals surface area contributed by atoms with E-state index in [4.69, 9.17) is 5.73 Å². The first kappa shape index (κ1) is 18.0. The highest BCUT2D eigenvalue weighted by molar-refractivity contribution is 6.01. The standard InChI is InChI=1S/C20H21N5O3/c1-23-18(21)16(19(27)22-20(23)28)15(26)12-25-11-10-24-9-5-8-14(24)17(25)13-6-3-2-4-7-13/h2-9,17H,10-12,21H2,1H3,(H,22,27,28)/t17-/m1/s1. The second-order valence-corrected chi connectivity index (χ2v) is 6.91. The first-order valence-corrected chi connectivity index (χ1v) is 9.03. The van der Waals surface area contributed by atoms with E-state index in [1.54, 1.807) is 0 Å². The fourth-order valence-corrected chi connectivity index (χ4v) is 3.79. The number of anilines is 1. The van der Waals surface area contributed by atoms with E-state index in [2.05, 4.69) is 9.55 Å². The van der Waals surface area contributed by atoms with Crippen molar-refractivity contribution in [3.8, 4) is 0 Å². The van der Waals surface area contributed by atoms with Crippen molar-refractivity contribution in [1.29, 1.82) is 0 Å². The molecule has 8 heteroatoms. The number of fused-ring (bicyclic) bond motifs is 1. The molecule has 3 N–H and O–H groups in total. The van der Waals surface area contributed by atoms with Crippen LogP contribution in [-0.2, 0) is 13.6 Å². The van der Waals surface area contributed by atoms with E-state index in [1.807, 2.05) is 53.6 Å². The van der Waals surface area contributed by atoms with E-state index in [1.165, 1.54) is 7.05 Å². The number of hydrogen-bond donors (Lipinski definition) is 2. The van der Waals surface area contributed by atoms with Crippen LogP contribution >= 0.6 is 0 Å². The molecule has 3 aromatic rings. The second kappa shape index (κ2) is 6.97. The number of aromatic amines is 1. The van der Waals surface area contributed by atoms with Crippen LogP contribution < -0.4 is 17.0 Å². The molecule has 1 aliphatic heterocycles. The van der Waals surface area contributed by atoms with Crippen LogP contribution in [0.1, 0.15) is 27.7 Å². The molecule has 8 nitrogen and oxygen atoms in total. The lowest BCUT2D eigenvalue weighted by atomic mass is 9.99. The number of nitrogens with one attached hydrogen (secondary N) is 1. The summed E-state index contributed by atoms with van der Waals surface area (Å²) in [7, 11) is 1.42. The molecule has 0 unspecified atom stereocenters. The highest BCUT2D eigenvalue weighted by atomic mass is 16.2. The van der Waals surface area contributed by atoms with Gasteiger partial charge in [0, 0.05) is 32.0 Å². The van der Waals surface area contributed by atoms with Gasteiger partial charge in [-0.25, -0.2) is 4.79 Å². The Morgan fingerprint density at radius 1 is 1.14 bits per heavy atom. The van der Waals surface area contributed by atoms with Crippen molar-refractivity contribution in [2.24, 2.45) is 7.05 Å². The lowest BCUT2D eigenvalue weighted by molar-refractivity contribution is 0.0881. The SMILES string of the molecule is Cn1c(N)c(C(=O)CN2CCn3cccc3[C@H]2c2ccccc2)c(=O)[nH]c1=O. The van der Waals surface area contributed by atoms with Crippen molar-refractivity contribution >= 4 is 11.6 Å². The summed E-state index contributed by atoms with van der Waals surface area (Å²) in [6, 6.07) is 13.9. The normalized spacial score (nSPS) is 16.7. The Balaban J connectivity index is 1.71. The van der Waals surface area contributed by atoms with E-state index in [0.29, 0.717) is 6.54 Å². The van der Waals surface area contributed by atoms with E-state index < -0.39 is 17.0 Å². The predicted octanol–water partition coefficient (Wildman–Crippen LogP) is 0.745. The first-order valence-electron chi connectivity index (χ1n) is 9.03. The molecule has 144 valence electrons. The van der Waals surface area contributed by atoms with E-state index in [-0.39, 0.29) is 24.0 Å². The van der Waals surface area contributed by atoms with Gasteiger partial charge >= 0.3 is 5.69 Å². The third kappa shape index (κ3) is 2.97. The number of nitrogen functional groups attached to an aromatic ring is 1. The molecule has 0 spiro atoms. The van der Waals surface area contributed by atoms with Crippen molar-refractivity contribution in [2.45, 2.75) is 12.6 Å². The van der Waals surface area contributed by atoms with Crippen LogP contribution in [0.15, 0.2) is 58.3 Å². The number of carbonyl (C=O) groups is 1. The Labute approximate surface area is 160 Å². The third-order valence-electron chi connectivity index (χ3n) is 5.25. The van der Waals surface area contributed by atoms with Crippen LogP contribution in [0, 0.1) is 0 Å². The Morgan fingerprint density at radius 3 is 2.64 bits per heavy atom. The number of nitrogens with two attached hydrogens (primary N) is 1. The van der Waals surface area contributed by atoms with E-state index in [9.17, 15) is 14.4 Å². The fourth-order valence-electron chi connectivity index (χ4n) is 3.79. The van der Waals surface area contributed by atoms with Crippen LogP contribution in [-0.4, -0.2) is 37.9 Å². The van der Waals surface area contributed by atoms with Crippen LogP contribution in [0.2, 0.25) is 0 Å². The molecular formula is C20H21N5O3. The van der Waals surface area contributed by atoms with Gasteiger partial charge in [-0.1, -0.05) is 30.3 Å². The topological polar surface area (TPSA) is 106 Å². The van der Waals surface area contributed by atoms with Gasteiger partial charge in [0.15, 0.2) is 5.78 Å².